The van der Waals surface area contributed by atoms with Gasteiger partial charge < -0.3 is 16.4 Å². The van der Waals surface area contributed by atoms with Gasteiger partial charge in [0, 0.05) is 31.3 Å². The minimum Gasteiger partial charge on any atom is -0.366 e. The van der Waals surface area contributed by atoms with E-state index in [4.69, 9.17) is 17.3 Å². The Morgan fingerprint density at radius 2 is 1.89 bits per heavy atom. The van der Waals surface area contributed by atoms with Gasteiger partial charge in [0.15, 0.2) is 5.82 Å². The van der Waals surface area contributed by atoms with Crippen LogP contribution in [0.1, 0.15) is 21.6 Å². The summed E-state index contributed by atoms with van der Waals surface area (Å²) in [5.74, 6) is -1.61. The van der Waals surface area contributed by atoms with E-state index in [0.29, 0.717) is 6.20 Å². The lowest BCUT2D eigenvalue weighted by molar-refractivity contribution is -0.137. The van der Waals surface area contributed by atoms with E-state index in [-0.39, 0.29) is 40.3 Å². The summed E-state index contributed by atoms with van der Waals surface area (Å²) in [6, 6.07) is 4.10. The van der Waals surface area contributed by atoms with Crippen LogP contribution in [-0.2, 0) is 22.7 Å². The second-order valence-corrected chi connectivity index (χ2v) is 9.47. The first-order valence-corrected chi connectivity index (χ1v) is 11.8. The monoisotopic (exact) mass is 530 g/mol. The molecule has 35 heavy (non-hydrogen) atoms. The fourth-order valence-corrected chi connectivity index (χ4v) is 3.52. The van der Waals surface area contributed by atoms with Crippen LogP contribution in [0.15, 0.2) is 36.8 Å². The van der Waals surface area contributed by atoms with Crippen LogP contribution < -0.4 is 20.7 Å². The number of amides is 1. The molecule has 16 heteroatoms. The maximum Gasteiger partial charge on any atom is 0.421 e. The SMILES string of the molecule is CN(c1nccnc1CNc1nc(Nc2ccc(C(N)=O)c(Cl)c2)ncc1C(F)(F)F)S(C)(=O)=O. The molecule has 0 aliphatic carbocycles. The molecule has 0 fully saturated rings. The number of carbonyl (C=O) groups excluding carboxylic acids is 1. The van der Waals surface area contributed by atoms with Gasteiger partial charge in [-0.15, -0.1) is 0 Å². The standard InChI is InChI=1S/C19H18ClF3N8O3S/c1-31(35(2,33)34)17-14(25-5-6-26-17)9-27-16-12(19(21,22)23)8-28-18(30-16)29-10-3-4-11(15(24)32)13(20)7-10/h3-8H,9H2,1-2H3,(H2,24,32)(H2,27,28,29,30). The number of carbonyl (C=O) groups is 1. The molecule has 0 radical (unpaired) electrons. The van der Waals surface area contributed by atoms with Crippen molar-refractivity contribution in [2.45, 2.75) is 12.7 Å². The Labute approximate surface area is 202 Å². The number of nitrogens with zero attached hydrogens (tertiary/aromatic N) is 5. The molecule has 0 saturated heterocycles. The highest BCUT2D eigenvalue weighted by Gasteiger charge is 2.35. The van der Waals surface area contributed by atoms with E-state index in [2.05, 4.69) is 30.6 Å². The molecule has 1 amide bonds. The third kappa shape index (κ3) is 6.24. The van der Waals surface area contributed by atoms with E-state index < -0.39 is 33.5 Å². The van der Waals surface area contributed by atoms with Crippen LogP contribution in [0.25, 0.3) is 0 Å². The topological polar surface area (TPSA) is 156 Å². The molecule has 0 unspecified atom stereocenters. The summed E-state index contributed by atoms with van der Waals surface area (Å²) < 4.78 is 65.3. The number of nitrogens with two attached hydrogens (primary N) is 1. The van der Waals surface area contributed by atoms with Crippen molar-refractivity contribution < 1.29 is 26.4 Å². The number of rotatable bonds is 8. The molecule has 186 valence electrons. The summed E-state index contributed by atoms with van der Waals surface area (Å²) in [6.07, 6.45) is -0.735. The average molecular weight is 531 g/mol. The predicted octanol–water partition coefficient (Wildman–Crippen LogP) is 2.79. The third-order valence-corrected chi connectivity index (χ3v) is 6.04. The Morgan fingerprint density at radius 1 is 1.20 bits per heavy atom. The Hall–Kier alpha value is -3.72. The van der Waals surface area contributed by atoms with Gasteiger partial charge in [-0.2, -0.15) is 18.2 Å². The second-order valence-electron chi connectivity index (χ2n) is 7.05. The van der Waals surface area contributed by atoms with Gasteiger partial charge in [0.25, 0.3) is 0 Å². The number of aromatic nitrogens is 4. The lowest BCUT2D eigenvalue weighted by Gasteiger charge is -2.19. The third-order valence-electron chi connectivity index (χ3n) is 4.56. The number of sulfonamides is 1. The highest BCUT2D eigenvalue weighted by atomic mass is 35.5. The number of hydrogen-bond donors (Lipinski definition) is 3. The lowest BCUT2D eigenvalue weighted by Crippen LogP contribution is -2.27. The molecule has 3 rings (SSSR count). The molecule has 0 atom stereocenters. The molecule has 2 heterocycles. The van der Waals surface area contributed by atoms with E-state index >= 15 is 0 Å². The molecular formula is C19H18ClF3N8O3S. The number of benzene rings is 1. The average Bonchev–Trinajstić information content (AvgIpc) is 2.76. The first-order valence-electron chi connectivity index (χ1n) is 9.55. The summed E-state index contributed by atoms with van der Waals surface area (Å²) in [5.41, 5.74) is 4.46. The Bertz CT molecular complexity index is 1370. The Balaban J connectivity index is 1.92. The molecule has 0 spiro atoms. The van der Waals surface area contributed by atoms with Crippen LogP contribution in [0.5, 0.6) is 0 Å². The zero-order valence-corrected chi connectivity index (χ0v) is 19.7. The van der Waals surface area contributed by atoms with Crippen LogP contribution in [-0.4, -0.2) is 47.6 Å². The van der Waals surface area contributed by atoms with Gasteiger partial charge in [0.2, 0.25) is 21.9 Å². The van der Waals surface area contributed by atoms with Gasteiger partial charge >= 0.3 is 6.18 Å². The molecule has 0 aliphatic rings. The molecule has 0 bridgehead atoms. The molecule has 2 aromatic heterocycles. The van der Waals surface area contributed by atoms with Crippen LogP contribution >= 0.6 is 11.6 Å². The number of anilines is 4. The summed E-state index contributed by atoms with van der Waals surface area (Å²) in [6.45, 7) is -0.332. The number of hydrogen-bond acceptors (Lipinski definition) is 9. The lowest BCUT2D eigenvalue weighted by atomic mass is 10.2. The summed E-state index contributed by atoms with van der Waals surface area (Å²) >= 11 is 5.99. The van der Waals surface area contributed by atoms with E-state index in [1.165, 1.54) is 37.6 Å². The molecule has 1 aromatic carbocycles. The zero-order valence-electron chi connectivity index (χ0n) is 18.1. The van der Waals surface area contributed by atoms with Crippen molar-refractivity contribution >= 4 is 50.8 Å². The second kappa shape index (κ2) is 9.87. The van der Waals surface area contributed by atoms with Gasteiger partial charge in [-0.05, 0) is 18.2 Å². The van der Waals surface area contributed by atoms with Gasteiger partial charge in [0.05, 0.1) is 23.4 Å². The van der Waals surface area contributed by atoms with Gasteiger partial charge in [0.1, 0.15) is 17.1 Å². The normalized spacial score (nSPS) is 11.7. The van der Waals surface area contributed by atoms with E-state index in [0.717, 1.165) is 10.6 Å². The van der Waals surface area contributed by atoms with Crippen molar-refractivity contribution in [3.05, 3.63) is 58.6 Å². The molecule has 11 nitrogen and oxygen atoms in total. The first-order chi connectivity index (χ1) is 16.3. The van der Waals surface area contributed by atoms with Gasteiger partial charge in [-0.3, -0.25) is 14.1 Å². The molecule has 3 aromatic rings. The number of primary amides is 1. The predicted molar refractivity (Wildman–Crippen MR) is 123 cm³/mol. The highest BCUT2D eigenvalue weighted by molar-refractivity contribution is 7.92. The van der Waals surface area contributed by atoms with Crippen molar-refractivity contribution in [1.29, 1.82) is 0 Å². The highest BCUT2D eigenvalue weighted by Crippen LogP contribution is 2.34. The van der Waals surface area contributed by atoms with Crippen molar-refractivity contribution in [3.8, 4) is 0 Å². The first kappa shape index (κ1) is 25.9. The van der Waals surface area contributed by atoms with Crippen LogP contribution in [0.2, 0.25) is 5.02 Å². The maximum absolute atomic E-state index is 13.6. The molecular weight excluding hydrogens is 513 g/mol. The minimum absolute atomic E-state index is 0.0259. The van der Waals surface area contributed by atoms with Crippen molar-refractivity contribution in [2.24, 2.45) is 5.73 Å². The largest absolute Gasteiger partial charge is 0.421 e. The van der Waals surface area contributed by atoms with Crippen LogP contribution in [0, 0.1) is 0 Å². The van der Waals surface area contributed by atoms with Gasteiger partial charge in [-0.25, -0.2) is 18.4 Å². The van der Waals surface area contributed by atoms with Gasteiger partial charge in [-0.1, -0.05) is 11.6 Å². The van der Waals surface area contributed by atoms with Crippen molar-refractivity contribution in [2.75, 3.05) is 28.2 Å². The van der Waals surface area contributed by atoms with Crippen LogP contribution in [0.3, 0.4) is 0 Å². The quantitative estimate of drug-likeness (QED) is 0.398. The number of nitrogens with one attached hydrogen (secondary N) is 2. The van der Waals surface area contributed by atoms with Crippen LogP contribution in [0.4, 0.5) is 36.4 Å². The Morgan fingerprint density at radius 3 is 2.49 bits per heavy atom. The summed E-state index contributed by atoms with van der Waals surface area (Å²) in [7, 11) is -2.46. The maximum atomic E-state index is 13.6. The summed E-state index contributed by atoms with van der Waals surface area (Å²) in [4.78, 5) is 26.9. The van der Waals surface area contributed by atoms with E-state index in [9.17, 15) is 26.4 Å². The van der Waals surface area contributed by atoms with E-state index in [1.54, 1.807) is 0 Å². The van der Waals surface area contributed by atoms with Crippen molar-refractivity contribution in [1.82, 2.24) is 19.9 Å². The summed E-state index contributed by atoms with van der Waals surface area (Å²) in [5, 5.41) is 5.24. The molecule has 4 N–H and O–H groups in total. The van der Waals surface area contributed by atoms with Crippen molar-refractivity contribution in [3.63, 3.8) is 0 Å². The Kier molecular flexibility index (Phi) is 7.30. The molecule has 0 saturated carbocycles. The molecule has 0 aliphatic heterocycles. The fourth-order valence-electron chi connectivity index (χ4n) is 2.78. The fraction of sp³-hybridized carbons (Fsp3) is 0.211. The number of alkyl halides is 3. The zero-order chi connectivity index (χ0) is 26.0. The minimum atomic E-state index is -4.79. The smallest absolute Gasteiger partial charge is 0.366 e. The van der Waals surface area contributed by atoms with E-state index in [1.807, 2.05) is 0 Å². The number of halogens is 4.